The van der Waals surface area contributed by atoms with Crippen LogP contribution in [0, 0.1) is 0 Å². The zero-order chi connectivity index (χ0) is 26.1. The van der Waals surface area contributed by atoms with Crippen molar-refractivity contribution in [1.29, 1.82) is 0 Å². The van der Waals surface area contributed by atoms with Crippen molar-refractivity contribution >= 4 is 37.2 Å². The average Bonchev–Trinajstić information content (AvgIpc) is 3.52. The van der Waals surface area contributed by atoms with Gasteiger partial charge in [-0.05, 0) is 63.7 Å². The normalized spacial score (nSPS) is 13.3. The number of nitrogens with one attached hydrogen (secondary N) is 1. The van der Waals surface area contributed by atoms with E-state index in [9.17, 15) is 8.42 Å². The maximum atomic E-state index is 13.4. The van der Waals surface area contributed by atoms with E-state index in [2.05, 4.69) is 46.2 Å². The van der Waals surface area contributed by atoms with Crippen LogP contribution in [0.15, 0.2) is 60.0 Å². The van der Waals surface area contributed by atoms with Gasteiger partial charge in [0.2, 0.25) is 0 Å². The molecule has 8 nitrogen and oxygen atoms in total. The van der Waals surface area contributed by atoms with Crippen molar-refractivity contribution in [3.63, 3.8) is 0 Å². The Hall–Kier alpha value is -3.11. The molecule has 0 aliphatic rings. The highest BCUT2D eigenvalue weighted by Gasteiger charge is 2.34. The first-order valence-corrected chi connectivity index (χ1v) is 14.7. The third-order valence-corrected chi connectivity index (χ3v) is 10.2. The van der Waals surface area contributed by atoms with Crippen LogP contribution in [0.3, 0.4) is 0 Å². The Morgan fingerprint density at radius 2 is 1.97 bits per heavy atom. The van der Waals surface area contributed by atoms with Crippen LogP contribution in [0.1, 0.15) is 41.0 Å². The van der Waals surface area contributed by atoms with Crippen LogP contribution in [-0.4, -0.2) is 50.6 Å². The number of sulfone groups is 1. The van der Waals surface area contributed by atoms with Gasteiger partial charge in [0.25, 0.3) is 0 Å². The summed E-state index contributed by atoms with van der Waals surface area (Å²) in [6.45, 7) is 9.30. The molecular weight excluding hydrogens is 494 g/mol. The van der Waals surface area contributed by atoms with E-state index >= 15 is 0 Å². The topological polar surface area (TPSA) is 90.5 Å². The number of nitrogens with zero attached hydrogens (tertiary/aromatic N) is 4. The number of aromatic nitrogens is 4. The molecule has 0 saturated heterocycles. The van der Waals surface area contributed by atoms with E-state index in [0.717, 1.165) is 34.8 Å². The number of benzene rings is 1. The summed E-state index contributed by atoms with van der Waals surface area (Å²) in [4.78, 5) is 4.69. The minimum absolute atomic E-state index is 0.0724. The van der Waals surface area contributed by atoms with Crippen LogP contribution in [0.5, 0.6) is 5.75 Å². The molecule has 0 amide bonds. The van der Waals surface area contributed by atoms with Crippen molar-refractivity contribution in [2.75, 3.05) is 17.6 Å². The quantitative estimate of drug-likeness (QED) is 0.300. The summed E-state index contributed by atoms with van der Waals surface area (Å²) in [5.74, 6) is 1.32. The third-order valence-electron chi connectivity index (χ3n) is 5.83. The van der Waals surface area contributed by atoms with Gasteiger partial charge in [-0.3, -0.25) is 4.40 Å². The zero-order valence-electron chi connectivity index (χ0n) is 21.5. The lowest BCUT2D eigenvalue weighted by Crippen LogP contribution is -2.28. The minimum Gasteiger partial charge on any atom is -0.495 e. The first kappa shape index (κ1) is 26.0. The molecule has 1 N–H and O–H groups in total. The van der Waals surface area contributed by atoms with E-state index in [0.29, 0.717) is 5.65 Å². The number of methoxy groups -OCH3 is 1. The van der Waals surface area contributed by atoms with Gasteiger partial charge in [-0.1, -0.05) is 6.92 Å². The minimum atomic E-state index is -3.67. The molecule has 3 heterocycles. The first-order chi connectivity index (χ1) is 17.1. The summed E-state index contributed by atoms with van der Waals surface area (Å²) in [5, 5.41) is 6.60. The van der Waals surface area contributed by atoms with E-state index in [1.54, 1.807) is 45.4 Å². The molecule has 4 aromatic rings. The monoisotopic (exact) mass is 527 g/mol. The summed E-state index contributed by atoms with van der Waals surface area (Å²) in [6.07, 6.45) is 8.09. The fraction of sp³-hybridized carbons (Fsp3) is 0.346. The maximum absolute atomic E-state index is 13.4. The van der Waals surface area contributed by atoms with Crippen LogP contribution in [-0.2, 0) is 9.84 Å². The summed E-state index contributed by atoms with van der Waals surface area (Å²) in [5.41, 5.74) is 4.10. The second kappa shape index (κ2) is 10.1. The fourth-order valence-electron chi connectivity index (χ4n) is 3.86. The van der Waals surface area contributed by atoms with Crippen LogP contribution in [0.2, 0.25) is 0 Å². The predicted octanol–water partition coefficient (Wildman–Crippen LogP) is 5.60. The summed E-state index contributed by atoms with van der Waals surface area (Å²) in [6, 6.07) is 9.71. The number of imidazole rings is 1. The van der Waals surface area contributed by atoms with Gasteiger partial charge in [-0.25, -0.2) is 18.1 Å². The van der Waals surface area contributed by atoms with E-state index in [4.69, 9.17) is 4.74 Å². The average molecular weight is 528 g/mol. The van der Waals surface area contributed by atoms with Gasteiger partial charge < -0.3 is 9.46 Å². The highest BCUT2D eigenvalue weighted by Crippen LogP contribution is 2.35. The van der Waals surface area contributed by atoms with Gasteiger partial charge in [0, 0.05) is 41.7 Å². The second-order valence-electron chi connectivity index (χ2n) is 9.38. The van der Waals surface area contributed by atoms with E-state index in [1.165, 1.54) is 7.11 Å². The van der Waals surface area contributed by atoms with Crippen molar-refractivity contribution in [3.05, 3.63) is 55.1 Å². The van der Waals surface area contributed by atoms with E-state index < -0.39 is 14.6 Å². The number of rotatable bonds is 8. The largest absolute Gasteiger partial charge is 0.495 e. The predicted molar refractivity (Wildman–Crippen MR) is 149 cm³/mol. The molecule has 0 aliphatic heterocycles. The Kier molecular flexibility index (Phi) is 7.28. The molecule has 1 aromatic carbocycles. The number of fused-ring (bicyclic) bond motifs is 1. The van der Waals surface area contributed by atoms with Gasteiger partial charge in [-0.2, -0.15) is 5.10 Å². The molecule has 10 heteroatoms. The van der Waals surface area contributed by atoms with Crippen LogP contribution in [0.4, 0.5) is 5.69 Å². The first-order valence-electron chi connectivity index (χ1n) is 11.8. The Morgan fingerprint density at radius 3 is 2.58 bits per heavy atom. The maximum Gasteiger partial charge on any atom is 0.188 e. The lowest BCUT2D eigenvalue weighted by molar-refractivity contribution is 0.401. The number of pyridine rings is 1. The SMILES string of the molecule is C/C=S(\CCC)Nc1cc(-c2cnc3cc(OC)c(S(=O)(=O)C(C)(C)C)cn23)cc(-n2cccn2)c1. The molecule has 4 rings (SSSR count). The van der Waals surface area contributed by atoms with Gasteiger partial charge in [0.05, 0.1) is 29.4 Å². The van der Waals surface area contributed by atoms with Crippen LogP contribution >= 0.6 is 10.7 Å². The van der Waals surface area contributed by atoms with Crippen molar-refractivity contribution in [2.24, 2.45) is 0 Å². The number of hydrogen-bond acceptors (Lipinski definition) is 6. The molecule has 0 bridgehead atoms. The van der Waals surface area contributed by atoms with Gasteiger partial charge in [0.1, 0.15) is 16.3 Å². The molecule has 192 valence electrons. The fourth-order valence-corrected chi connectivity index (χ4v) is 6.49. The molecule has 36 heavy (non-hydrogen) atoms. The number of hydrogen-bond donors (Lipinski definition) is 1. The zero-order valence-corrected chi connectivity index (χ0v) is 23.2. The lowest BCUT2D eigenvalue weighted by Gasteiger charge is -2.21. The number of ether oxygens (including phenoxy) is 1. The van der Waals surface area contributed by atoms with Crippen LogP contribution < -0.4 is 9.46 Å². The Morgan fingerprint density at radius 1 is 1.19 bits per heavy atom. The highest BCUT2D eigenvalue weighted by atomic mass is 32.2. The smallest absolute Gasteiger partial charge is 0.188 e. The van der Waals surface area contributed by atoms with Crippen molar-refractivity contribution in [3.8, 4) is 22.7 Å². The molecule has 0 fully saturated rings. The summed E-state index contributed by atoms with van der Waals surface area (Å²) in [7, 11) is -2.27. The van der Waals surface area contributed by atoms with E-state index in [-0.39, 0.29) is 21.3 Å². The molecule has 0 saturated carbocycles. The molecular formula is C26H33N5O3S2. The lowest BCUT2D eigenvalue weighted by atomic mass is 10.1. The molecule has 0 spiro atoms. The highest BCUT2D eigenvalue weighted by molar-refractivity contribution is 8.16. The van der Waals surface area contributed by atoms with Crippen molar-refractivity contribution in [1.82, 2.24) is 19.2 Å². The molecule has 0 aliphatic carbocycles. The molecule has 1 atom stereocenters. The molecule has 1 unspecified atom stereocenters. The van der Waals surface area contributed by atoms with Crippen molar-refractivity contribution < 1.29 is 13.2 Å². The molecule has 3 aromatic heterocycles. The van der Waals surface area contributed by atoms with Gasteiger partial charge in [-0.15, -0.1) is 10.7 Å². The van der Waals surface area contributed by atoms with E-state index in [1.807, 2.05) is 27.4 Å². The second-order valence-corrected chi connectivity index (χ2v) is 14.0. The van der Waals surface area contributed by atoms with Crippen LogP contribution in [0.25, 0.3) is 22.6 Å². The van der Waals surface area contributed by atoms with Gasteiger partial charge >= 0.3 is 0 Å². The molecule has 0 radical (unpaired) electrons. The Bertz CT molecular complexity index is 1520. The van der Waals surface area contributed by atoms with Gasteiger partial charge in [0.15, 0.2) is 9.84 Å². The standard InChI is InChI=1S/C26H33N5O3S2/c1-7-12-35(8-2)29-20-13-19(14-21(15-20)31-11-9-10-28-31)22-17-27-25-16-23(34-6)24(18-30(22)25)36(32,33)26(3,4)5/h8-11,13-18,29H,7,12H2,1-6H3. The summed E-state index contributed by atoms with van der Waals surface area (Å²) < 4.78 is 38.5. The Balaban J connectivity index is 1.93. The number of anilines is 1. The third kappa shape index (κ3) is 4.92. The Labute approximate surface area is 215 Å². The van der Waals surface area contributed by atoms with Crippen molar-refractivity contribution in [2.45, 2.75) is 50.7 Å². The summed E-state index contributed by atoms with van der Waals surface area (Å²) >= 11 is 0.